The number of methoxy groups -OCH3 is 1. The van der Waals surface area contributed by atoms with Gasteiger partial charge in [-0.05, 0) is 43.7 Å². The molecule has 3 aromatic rings. The summed E-state index contributed by atoms with van der Waals surface area (Å²) < 4.78 is 16.4. The lowest BCUT2D eigenvalue weighted by Gasteiger charge is -2.27. The molecule has 2 heterocycles. The molecule has 35 heavy (non-hydrogen) atoms. The standard InChI is InChI=1S/C15H14O4.C10H18ClN3O2/c1-8(2)14-15(17-3)10-6-9-4-5-13(16)18-11(9)7-12(10)19-14;1-8-2-4-9(5-3-8)12-10(15)14(13-16)7-6-11/h4-8H,1-3H3;8-9H,2-7H2,1H3,(H,12,15). The van der Waals surface area contributed by atoms with Gasteiger partial charge >= 0.3 is 11.7 Å². The fraction of sp³-hybridized carbons (Fsp3) is 0.520. The number of nitrogens with one attached hydrogen (secondary N) is 1. The largest absolute Gasteiger partial charge is 0.492 e. The molecule has 0 atom stereocenters. The number of furan rings is 1. The van der Waals surface area contributed by atoms with Crippen LogP contribution in [0.5, 0.6) is 5.75 Å². The minimum Gasteiger partial charge on any atom is -0.492 e. The van der Waals surface area contributed by atoms with Gasteiger partial charge < -0.3 is 18.9 Å². The molecule has 1 N–H and O–H groups in total. The van der Waals surface area contributed by atoms with Crippen LogP contribution in [0.4, 0.5) is 4.79 Å². The summed E-state index contributed by atoms with van der Waals surface area (Å²) >= 11 is 5.46. The minimum atomic E-state index is -0.435. The average molecular weight is 506 g/mol. The molecule has 0 aliphatic heterocycles. The topological polar surface area (TPSA) is 114 Å². The number of halogens is 1. The van der Waals surface area contributed by atoms with Crippen LogP contribution >= 0.6 is 11.6 Å². The summed E-state index contributed by atoms with van der Waals surface area (Å²) in [6, 6.07) is 6.53. The van der Waals surface area contributed by atoms with Crippen LogP contribution in [0.1, 0.15) is 58.1 Å². The number of urea groups is 1. The first-order valence-corrected chi connectivity index (χ1v) is 12.3. The van der Waals surface area contributed by atoms with Crippen molar-refractivity contribution in [1.82, 2.24) is 10.3 Å². The summed E-state index contributed by atoms with van der Waals surface area (Å²) in [5.74, 6) is 2.71. The minimum absolute atomic E-state index is 0.153. The van der Waals surface area contributed by atoms with Gasteiger partial charge in [-0.15, -0.1) is 16.5 Å². The van der Waals surface area contributed by atoms with Crippen molar-refractivity contribution < 1.29 is 18.4 Å². The van der Waals surface area contributed by atoms with Gasteiger partial charge in [0, 0.05) is 35.4 Å². The highest BCUT2D eigenvalue weighted by molar-refractivity contribution is 6.18. The number of carbonyl (C=O) groups excluding carboxylic acids is 1. The Morgan fingerprint density at radius 1 is 1.20 bits per heavy atom. The van der Waals surface area contributed by atoms with Crippen LogP contribution in [0.2, 0.25) is 0 Å². The second kappa shape index (κ2) is 12.1. The smallest absolute Gasteiger partial charge is 0.340 e. The molecule has 0 radical (unpaired) electrons. The number of benzene rings is 1. The van der Waals surface area contributed by atoms with Crippen LogP contribution in [-0.2, 0) is 0 Å². The van der Waals surface area contributed by atoms with E-state index in [0.717, 1.165) is 58.9 Å². The highest BCUT2D eigenvalue weighted by Gasteiger charge is 2.22. The van der Waals surface area contributed by atoms with E-state index >= 15 is 0 Å². The first-order valence-electron chi connectivity index (χ1n) is 11.8. The Balaban J connectivity index is 0.000000199. The van der Waals surface area contributed by atoms with Gasteiger partial charge in [0.2, 0.25) is 0 Å². The van der Waals surface area contributed by atoms with Crippen molar-refractivity contribution in [2.24, 2.45) is 11.2 Å². The number of hydrogen-bond donors (Lipinski definition) is 1. The Hall–Kier alpha value is -3.07. The third-order valence-corrected chi connectivity index (χ3v) is 6.28. The first kappa shape index (κ1) is 26.5. The summed E-state index contributed by atoms with van der Waals surface area (Å²) in [6.07, 6.45) is 4.19. The highest BCUT2D eigenvalue weighted by Crippen LogP contribution is 2.38. The van der Waals surface area contributed by atoms with Crippen LogP contribution in [0.25, 0.3) is 21.9 Å². The van der Waals surface area contributed by atoms with E-state index in [-0.39, 0.29) is 30.0 Å². The Morgan fingerprint density at radius 3 is 2.51 bits per heavy atom. The monoisotopic (exact) mass is 505 g/mol. The molecule has 10 heteroatoms. The molecular weight excluding hydrogens is 474 g/mol. The van der Waals surface area contributed by atoms with E-state index < -0.39 is 6.03 Å². The van der Waals surface area contributed by atoms with Gasteiger partial charge in [0.1, 0.15) is 16.9 Å². The van der Waals surface area contributed by atoms with Gasteiger partial charge in [0.15, 0.2) is 5.75 Å². The van der Waals surface area contributed by atoms with E-state index in [2.05, 4.69) is 17.5 Å². The zero-order valence-corrected chi connectivity index (χ0v) is 21.3. The third kappa shape index (κ3) is 6.54. The Labute approximate surface area is 208 Å². The van der Waals surface area contributed by atoms with Gasteiger partial charge in [-0.1, -0.05) is 20.8 Å². The summed E-state index contributed by atoms with van der Waals surface area (Å²) in [5, 5.41) is 8.04. The number of carbonyl (C=O) groups is 1. The zero-order chi connectivity index (χ0) is 25.5. The summed E-state index contributed by atoms with van der Waals surface area (Å²) in [4.78, 5) is 33.2. The number of fused-ring (bicyclic) bond motifs is 2. The maximum absolute atomic E-state index is 11.6. The van der Waals surface area contributed by atoms with E-state index in [1.165, 1.54) is 6.07 Å². The maximum atomic E-state index is 11.6. The molecule has 0 spiro atoms. The summed E-state index contributed by atoms with van der Waals surface area (Å²) in [7, 11) is 1.63. The fourth-order valence-corrected chi connectivity index (χ4v) is 4.32. The van der Waals surface area contributed by atoms with Gasteiger partial charge in [-0.3, -0.25) is 0 Å². The second-order valence-corrected chi connectivity index (χ2v) is 9.47. The maximum Gasteiger partial charge on any atom is 0.340 e. The number of nitroso groups, excluding NO2 is 1. The molecule has 0 bridgehead atoms. The van der Waals surface area contributed by atoms with Crippen molar-refractivity contribution >= 4 is 39.6 Å². The lowest BCUT2D eigenvalue weighted by molar-refractivity contribution is 0.191. The average Bonchev–Trinajstić information content (AvgIpc) is 3.20. The number of nitrogens with zero attached hydrogens (tertiary/aromatic N) is 2. The number of alkyl halides is 1. The predicted molar refractivity (Wildman–Crippen MR) is 136 cm³/mol. The fourth-order valence-electron chi connectivity index (χ4n) is 4.16. The molecule has 2 aromatic heterocycles. The highest BCUT2D eigenvalue weighted by atomic mass is 35.5. The lowest BCUT2D eigenvalue weighted by Crippen LogP contribution is -2.44. The number of hydrogen-bond acceptors (Lipinski definition) is 7. The molecule has 0 unspecified atom stereocenters. The molecule has 1 aliphatic carbocycles. The first-order chi connectivity index (χ1) is 16.8. The van der Waals surface area contributed by atoms with Gasteiger partial charge in [-0.25, -0.2) is 9.59 Å². The van der Waals surface area contributed by atoms with Crippen LogP contribution in [0, 0.1) is 10.8 Å². The quantitative estimate of drug-likeness (QED) is 0.185. The molecule has 190 valence electrons. The molecule has 1 fully saturated rings. The summed E-state index contributed by atoms with van der Waals surface area (Å²) in [5.41, 5.74) is 0.823. The van der Waals surface area contributed by atoms with E-state index in [9.17, 15) is 14.5 Å². The van der Waals surface area contributed by atoms with E-state index in [4.69, 9.17) is 25.2 Å². The Kier molecular flexibility index (Phi) is 9.14. The van der Waals surface area contributed by atoms with Crippen molar-refractivity contribution in [3.8, 4) is 5.75 Å². The van der Waals surface area contributed by atoms with Crippen molar-refractivity contribution in [1.29, 1.82) is 0 Å². The van der Waals surface area contributed by atoms with Gasteiger partial charge in [-0.2, -0.15) is 5.01 Å². The van der Waals surface area contributed by atoms with Gasteiger partial charge in [0.25, 0.3) is 0 Å². The molecule has 2 amide bonds. The molecule has 1 aliphatic rings. The van der Waals surface area contributed by atoms with E-state index in [1.54, 1.807) is 19.2 Å². The number of rotatable bonds is 6. The van der Waals surface area contributed by atoms with Crippen molar-refractivity contribution in [3.63, 3.8) is 0 Å². The molecule has 1 saturated carbocycles. The summed E-state index contributed by atoms with van der Waals surface area (Å²) in [6.45, 7) is 6.45. The zero-order valence-electron chi connectivity index (χ0n) is 20.5. The van der Waals surface area contributed by atoms with Gasteiger partial charge in [0.05, 0.1) is 24.3 Å². The SMILES string of the molecule is CC1CCC(NC(=O)N(CCCl)N=O)CC1.COc1c(C(C)C)oc2cc3oc(=O)ccc3cc12. The molecule has 4 rings (SSSR count). The lowest BCUT2D eigenvalue weighted by atomic mass is 9.87. The van der Waals surface area contributed by atoms with Crippen LogP contribution in [0.15, 0.2) is 43.2 Å². The Bertz CT molecular complexity index is 1210. The van der Waals surface area contributed by atoms with Crippen LogP contribution in [-0.4, -0.2) is 36.6 Å². The molecule has 0 saturated heterocycles. The molecule has 1 aromatic carbocycles. The third-order valence-electron chi connectivity index (χ3n) is 6.11. The van der Waals surface area contributed by atoms with Crippen molar-refractivity contribution in [2.45, 2.75) is 58.4 Å². The second-order valence-electron chi connectivity index (χ2n) is 9.09. The molecular formula is C25H32ClN3O6. The normalized spacial score (nSPS) is 17.7. The number of ether oxygens (including phenoxy) is 1. The predicted octanol–water partition coefficient (Wildman–Crippen LogP) is 6.17. The van der Waals surface area contributed by atoms with E-state index in [1.807, 2.05) is 19.9 Å². The molecule has 9 nitrogen and oxygen atoms in total. The Morgan fingerprint density at radius 2 is 1.91 bits per heavy atom. The number of amides is 2. The van der Waals surface area contributed by atoms with Crippen molar-refractivity contribution in [3.05, 3.63) is 45.4 Å². The van der Waals surface area contributed by atoms with Crippen LogP contribution < -0.4 is 15.7 Å². The van der Waals surface area contributed by atoms with Crippen LogP contribution in [0.3, 0.4) is 0 Å². The van der Waals surface area contributed by atoms with E-state index in [0.29, 0.717) is 11.2 Å². The van der Waals surface area contributed by atoms with Crippen molar-refractivity contribution in [2.75, 3.05) is 19.5 Å².